The fourth-order valence-corrected chi connectivity index (χ4v) is 6.06. The maximum atomic E-state index is 13.5. The van der Waals surface area contributed by atoms with Crippen molar-refractivity contribution in [3.8, 4) is 5.69 Å². The molecule has 1 aromatic carbocycles. The molecule has 4 amide bonds. The molecule has 2 fully saturated rings. The molecule has 0 bridgehead atoms. The number of hydrogen-bond donors (Lipinski definition) is 1. The highest BCUT2D eigenvalue weighted by molar-refractivity contribution is 6.07. The monoisotopic (exact) mass is 497 g/mol. The Balaban J connectivity index is 1.13. The molecule has 2 aromatic heterocycles. The van der Waals surface area contributed by atoms with E-state index < -0.39 is 11.9 Å². The number of pyridine rings is 1. The number of rotatable bonds is 3. The zero-order valence-corrected chi connectivity index (χ0v) is 19.9. The van der Waals surface area contributed by atoms with Gasteiger partial charge >= 0.3 is 0 Å². The zero-order valence-electron chi connectivity index (χ0n) is 19.9. The highest BCUT2D eigenvalue weighted by atomic mass is 16.2. The Morgan fingerprint density at radius 3 is 2.78 bits per heavy atom. The summed E-state index contributed by atoms with van der Waals surface area (Å²) < 4.78 is 1.52. The number of imide groups is 1. The van der Waals surface area contributed by atoms with Crippen molar-refractivity contribution < 1.29 is 19.2 Å². The van der Waals surface area contributed by atoms with Crippen molar-refractivity contribution in [3.63, 3.8) is 0 Å². The number of fused-ring (bicyclic) bond motifs is 3. The molecule has 1 atom stereocenters. The molecule has 4 aliphatic rings. The van der Waals surface area contributed by atoms with E-state index in [1.807, 2.05) is 12.1 Å². The third-order valence-corrected chi connectivity index (χ3v) is 8.16. The van der Waals surface area contributed by atoms with Crippen LogP contribution in [0, 0.1) is 0 Å². The summed E-state index contributed by atoms with van der Waals surface area (Å²) in [5, 5.41) is 10.6. The summed E-state index contributed by atoms with van der Waals surface area (Å²) in [5.74, 6) is -1.22. The van der Waals surface area contributed by atoms with Crippen molar-refractivity contribution >= 4 is 29.3 Å². The van der Waals surface area contributed by atoms with E-state index in [4.69, 9.17) is 0 Å². The molecule has 3 aliphatic heterocycles. The van der Waals surface area contributed by atoms with Gasteiger partial charge < -0.3 is 9.80 Å². The van der Waals surface area contributed by atoms with Crippen LogP contribution in [0.25, 0.3) is 5.69 Å². The molecule has 0 radical (unpaired) electrons. The largest absolute Gasteiger partial charge is 0.322 e. The van der Waals surface area contributed by atoms with Crippen LogP contribution in [0.2, 0.25) is 0 Å². The smallest absolute Gasteiger partial charge is 0.280 e. The number of piperidine rings is 1. The molecule has 186 valence electrons. The number of carbonyl (C=O) groups is 4. The molecule has 1 N–H and O–H groups in total. The fourth-order valence-electron chi connectivity index (χ4n) is 6.06. The van der Waals surface area contributed by atoms with Crippen molar-refractivity contribution in [3.05, 3.63) is 65.2 Å². The topological polar surface area (TPSA) is 130 Å². The lowest BCUT2D eigenvalue weighted by molar-refractivity contribution is -0.136. The predicted octanol–water partition coefficient (Wildman–Crippen LogP) is 1.51. The normalized spacial score (nSPS) is 21.6. The number of benzene rings is 1. The Morgan fingerprint density at radius 2 is 2.00 bits per heavy atom. The first-order valence-electron chi connectivity index (χ1n) is 12.4. The maximum absolute atomic E-state index is 13.5. The zero-order chi connectivity index (χ0) is 25.3. The Hall–Kier alpha value is -4.41. The highest BCUT2D eigenvalue weighted by Gasteiger charge is 2.49. The first-order valence-corrected chi connectivity index (χ1v) is 12.4. The molecule has 5 heterocycles. The summed E-state index contributed by atoms with van der Waals surface area (Å²) in [6.45, 7) is 0.880. The van der Waals surface area contributed by atoms with Gasteiger partial charge in [-0.3, -0.25) is 29.5 Å². The molecule has 7 rings (SSSR count). The third-order valence-electron chi connectivity index (χ3n) is 8.16. The lowest BCUT2D eigenvalue weighted by atomic mass is 9.66. The number of anilines is 1. The Bertz CT molecular complexity index is 1510. The number of nitrogens with zero attached hydrogens (tertiary/aromatic N) is 6. The predicted molar refractivity (Wildman–Crippen MR) is 129 cm³/mol. The van der Waals surface area contributed by atoms with Crippen LogP contribution in [0.15, 0.2) is 42.9 Å². The number of nitrogens with one attached hydrogen (secondary N) is 1. The molecule has 11 heteroatoms. The van der Waals surface area contributed by atoms with Gasteiger partial charge in [-0.2, -0.15) is 0 Å². The lowest BCUT2D eigenvalue weighted by Crippen LogP contribution is -2.52. The van der Waals surface area contributed by atoms with Gasteiger partial charge in [0.15, 0.2) is 5.69 Å². The first-order chi connectivity index (χ1) is 17.9. The van der Waals surface area contributed by atoms with Gasteiger partial charge in [-0.05, 0) is 54.7 Å². The molecule has 11 nitrogen and oxygen atoms in total. The van der Waals surface area contributed by atoms with Crippen LogP contribution in [-0.4, -0.2) is 61.1 Å². The average molecular weight is 498 g/mol. The molecule has 1 saturated carbocycles. The van der Waals surface area contributed by atoms with Crippen LogP contribution in [-0.2, 0) is 21.5 Å². The molecule has 1 unspecified atom stereocenters. The van der Waals surface area contributed by atoms with Crippen LogP contribution in [0.5, 0.6) is 0 Å². The summed E-state index contributed by atoms with van der Waals surface area (Å²) >= 11 is 0. The number of carbonyl (C=O) groups excluding carboxylic acids is 4. The van der Waals surface area contributed by atoms with E-state index in [0.717, 1.165) is 30.5 Å². The Kier molecular flexibility index (Phi) is 4.60. The van der Waals surface area contributed by atoms with Gasteiger partial charge in [0.1, 0.15) is 6.04 Å². The van der Waals surface area contributed by atoms with Crippen LogP contribution in [0.4, 0.5) is 5.69 Å². The molecular formula is C26H23N7O4. The van der Waals surface area contributed by atoms with Crippen molar-refractivity contribution in [2.24, 2.45) is 0 Å². The second-order valence-corrected chi connectivity index (χ2v) is 10.2. The first kappa shape index (κ1) is 21.8. The van der Waals surface area contributed by atoms with Crippen LogP contribution >= 0.6 is 0 Å². The number of hydrogen-bond acceptors (Lipinski definition) is 7. The van der Waals surface area contributed by atoms with Gasteiger partial charge in [-0.15, -0.1) is 5.10 Å². The number of amides is 4. The molecule has 3 aromatic rings. The molecule has 1 saturated heterocycles. The minimum Gasteiger partial charge on any atom is -0.322 e. The second kappa shape index (κ2) is 7.79. The number of aromatic nitrogens is 4. The van der Waals surface area contributed by atoms with Gasteiger partial charge in [-0.25, -0.2) is 4.68 Å². The SMILES string of the molecule is O=C1CCC(N2Cc3cc(-n4cc(C(=O)N5CC6(CCC6)c6ccncc65)nn4)ccc3C2=O)C(=O)N1. The summed E-state index contributed by atoms with van der Waals surface area (Å²) in [4.78, 5) is 57.7. The van der Waals surface area contributed by atoms with Crippen molar-refractivity contribution in [1.82, 2.24) is 30.2 Å². The van der Waals surface area contributed by atoms with Crippen molar-refractivity contribution in [2.75, 3.05) is 11.4 Å². The quantitative estimate of drug-likeness (QED) is 0.543. The van der Waals surface area contributed by atoms with E-state index in [9.17, 15) is 19.2 Å². The Labute approximate surface area is 211 Å². The maximum Gasteiger partial charge on any atom is 0.280 e. The van der Waals surface area contributed by atoms with Crippen molar-refractivity contribution in [1.29, 1.82) is 0 Å². The summed E-state index contributed by atoms with van der Waals surface area (Å²) in [5.41, 5.74) is 4.18. The van der Waals surface area contributed by atoms with Crippen LogP contribution in [0.1, 0.15) is 64.1 Å². The standard InChI is InChI=1S/C26H23N7O4/c34-22-5-4-20(23(35)28-22)31-12-15-10-16(2-3-17(15)24(31)36)33-13-19(29-30-33)25(37)32-14-26(7-1-8-26)18-6-9-27-11-21(18)32/h2-3,6,9-11,13,20H,1,4-5,7-8,12,14H2,(H,28,34,35). The van der Waals surface area contributed by atoms with E-state index in [1.165, 1.54) is 15.1 Å². The molecule has 1 aliphatic carbocycles. The molecule has 37 heavy (non-hydrogen) atoms. The van der Waals surface area contributed by atoms with E-state index in [1.54, 1.807) is 35.6 Å². The summed E-state index contributed by atoms with van der Waals surface area (Å²) in [6, 6.07) is 6.60. The van der Waals surface area contributed by atoms with E-state index in [-0.39, 0.29) is 41.8 Å². The van der Waals surface area contributed by atoms with Crippen LogP contribution < -0.4 is 10.2 Å². The minimum absolute atomic E-state index is 0.0187. The lowest BCUT2D eigenvalue weighted by Gasteiger charge is -2.38. The van der Waals surface area contributed by atoms with Gasteiger partial charge in [0.05, 0.1) is 23.8 Å². The van der Waals surface area contributed by atoms with Gasteiger partial charge in [0, 0.05) is 36.7 Å². The highest BCUT2D eigenvalue weighted by Crippen LogP contribution is 2.52. The van der Waals surface area contributed by atoms with Crippen molar-refractivity contribution in [2.45, 2.75) is 50.1 Å². The minimum atomic E-state index is -0.673. The summed E-state index contributed by atoms with van der Waals surface area (Å²) in [6.07, 6.45) is 8.91. The third kappa shape index (κ3) is 3.23. The Morgan fingerprint density at radius 1 is 1.14 bits per heavy atom. The van der Waals surface area contributed by atoms with Crippen LogP contribution in [0.3, 0.4) is 0 Å². The van der Waals surface area contributed by atoms with E-state index >= 15 is 0 Å². The molecule has 1 spiro atoms. The van der Waals surface area contributed by atoms with E-state index in [0.29, 0.717) is 24.2 Å². The van der Waals surface area contributed by atoms with Gasteiger partial charge in [0.2, 0.25) is 11.8 Å². The molecular weight excluding hydrogens is 474 g/mol. The van der Waals surface area contributed by atoms with Gasteiger partial charge in [0.25, 0.3) is 11.8 Å². The fraction of sp³-hybridized carbons (Fsp3) is 0.346. The second-order valence-electron chi connectivity index (χ2n) is 10.2. The summed E-state index contributed by atoms with van der Waals surface area (Å²) in [7, 11) is 0. The average Bonchev–Trinajstić information content (AvgIpc) is 3.58. The van der Waals surface area contributed by atoms with E-state index in [2.05, 4.69) is 20.6 Å². The van der Waals surface area contributed by atoms with Gasteiger partial charge in [-0.1, -0.05) is 11.6 Å².